The van der Waals surface area contributed by atoms with Crippen molar-refractivity contribution in [3.63, 3.8) is 0 Å². The Labute approximate surface area is 141 Å². The average molecular weight is 333 g/mol. The van der Waals surface area contributed by atoms with E-state index < -0.39 is 0 Å². The Balaban J connectivity index is 0.00000156. The first-order chi connectivity index (χ1) is 10.8. The van der Waals surface area contributed by atoms with Gasteiger partial charge in [0.15, 0.2) is 0 Å². The van der Waals surface area contributed by atoms with Crippen molar-refractivity contribution in [2.24, 2.45) is 11.3 Å². The minimum atomic E-state index is 0. The van der Waals surface area contributed by atoms with Gasteiger partial charge in [-0.05, 0) is 68.1 Å². The molecular formula is C17H21ClN4O. The maximum Gasteiger partial charge on any atom is 0.228 e. The molecule has 2 aliphatic rings. The van der Waals surface area contributed by atoms with Crippen LogP contribution in [0.25, 0.3) is 5.69 Å². The number of carbonyl (C=O) groups excluding carboxylic acids is 1. The summed E-state index contributed by atoms with van der Waals surface area (Å²) in [5.74, 6) is 0.370. The van der Waals surface area contributed by atoms with Gasteiger partial charge < -0.3 is 10.6 Å². The zero-order chi connectivity index (χ0) is 15.0. The van der Waals surface area contributed by atoms with Gasteiger partial charge >= 0.3 is 0 Å². The van der Waals surface area contributed by atoms with Crippen LogP contribution in [0.3, 0.4) is 0 Å². The van der Waals surface area contributed by atoms with Crippen LogP contribution in [0.5, 0.6) is 0 Å². The fourth-order valence-electron chi connectivity index (χ4n) is 3.54. The van der Waals surface area contributed by atoms with Crippen LogP contribution in [0.4, 0.5) is 5.69 Å². The third-order valence-corrected chi connectivity index (χ3v) is 5.01. The SMILES string of the molecule is Cl.O=C(Nc1ccc(-n2cccn2)cc1)C1CC12CCNCC2. The molecule has 0 radical (unpaired) electrons. The molecule has 1 amide bonds. The number of nitrogens with one attached hydrogen (secondary N) is 2. The Morgan fingerprint density at radius 1 is 1.26 bits per heavy atom. The highest BCUT2D eigenvalue weighted by atomic mass is 35.5. The number of aromatic nitrogens is 2. The van der Waals surface area contributed by atoms with Crippen molar-refractivity contribution in [3.8, 4) is 5.69 Å². The number of carbonyl (C=O) groups is 1. The van der Waals surface area contributed by atoms with Gasteiger partial charge in [-0.3, -0.25) is 4.79 Å². The van der Waals surface area contributed by atoms with Gasteiger partial charge in [0.25, 0.3) is 0 Å². The van der Waals surface area contributed by atoms with Crippen LogP contribution in [0.2, 0.25) is 0 Å². The maximum atomic E-state index is 12.4. The molecule has 2 fully saturated rings. The number of benzene rings is 1. The van der Waals surface area contributed by atoms with E-state index in [2.05, 4.69) is 15.7 Å². The van der Waals surface area contributed by atoms with Crippen LogP contribution in [0.1, 0.15) is 19.3 Å². The van der Waals surface area contributed by atoms with E-state index in [9.17, 15) is 4.79 Å². The smallest absolute Gasteiger partial charge is 0.228 e. The lowest BCUT2D eigenvalue weighted by Gasteiger charge is -2.23. The largest absolute Gasteiger partial charge is 0.326 e. The molecule has 1 atom stereocenters. The van der Waals surface area contributed by atoms with E-state index in [1.165, 1.54) is 0 Å². The number of nitrogens with zero attached hydrogens (tertiary/aromatic N) is 2. The van der Waals surface area contributed by atoms with Crippen molar-refractivity contribution in [1.82, 2.24) is 15.1 Å². The van der Waals surface area contributed by atoms with Gasteiger partial charge in [0, 0.05) is 24.0 Å². The minimum absolute atomic E-state index is 0. The Morgan fingerprint density at radius 3 is 2.65 bits per heavy atom. The van der Waals surface area contributed by atoms with Gasteiger partial charge in [-0.1, -0.05) is 0 Å². The number of amides is 1. The highest BCUT2D eigenvalue weighted by Gasteiger charge is 2.57. The Morgan fingerprint density at radius 2 is 2.00 bits per heavy atom. The predicted octanol–water partition coefficient (Wildman–Crippen LogP) is 2.62. The molecule has 1 saturated heterocycles. The molecular weight excluding hydrogens is 312 g/mol. The second-order valence-electron chi connectivity index (χ2n) is 6.36. The summed E-state index contributed by atoms with van der Waals surface area (Å²) in [5.41, 5.74) is 2.13. The van der Waals surface area contributed by atoms with Crippen LogP contribution in [0, 0.1) is 11.3 Å². The van der Waals surface area contributed by atoms with E-state index in [1.54, 1.807) is 10.9 Å². The van der Waals surface area contributed by atoms with E-state index in [0.29, 0.717) is 0 Å². The molecule has 1 aromatic carbocycles. The topological polar surface area (TPSA) is 59.0 Å². The first kappa shape index (κ1) is 16.0. The lowest BCUT2D eigenvalue weighted by atomic mass is 9.92. The molecule has 4 rings (SSSR count). The zero-order valence-corrected chi connectivity index (χ0v) is 13.7. The zero-order valence-electron chi connectivity index (χ0n) is 12.9. The summed E-state index contributed by atoms with van der Waals surface area (Å²) < 4.78 is 1.80. The summed E-state index contributed by atoms with van der Waals surface area (Å²) in [7, 11) is 0. The summed E-state index contributed by atoms with van der Waals surface area (Å²) in [5, 5.41) is 10.6. The molecule has 23 heavy (non-hydrogen) atoms. The van der Waals surface area contributed by atoms with Crippen molar-refractivity contribution in [2.45, 2.75) is 19.3 Å². The van der Waals surface area contributed by atoms with E-state index in [-0.39, 0.29) is 29.6 Å². The van der Waals surface area contributed by atoms with Crippen LogP contribution in [0.15, 0.2) is 42.7 Å². The number of hydrogen-bond donors (Lipinski definition) is 2. The third kappa shape index (κ3) is 3.12. The Hall–Kier alpha value is -1.85. The van der Waals surface area contributed by atoms with Gasteiger partial charge in [-0.2, -0.15) is 5.10 Å². The van der Waals surface area contributed by atoms with Crippen LogP contribution in [-0.2, 0) is 4.79 Å². The maximum absolute atomic E-state index is 12.4. The fourth-order valence-corrected chi connectivity index (χ4v) is 3.54. The monoisotopic (exact) mass is 332 g/mol. The molecule has 122 valence electrons. The van der Waals surface area contributed by atoms with Gasteiger partial charge in [0.1, 0.15) is 0 Å². The summed E-state index contributed by atoms with van der Waals surface area (Å²) >= 11 is 0. The number of anilines is 1. The van der Waals surface area contributed by atoms with Crippen molar-refractivity contribution in [1.29, 1.82) is 0 Å². The van der Waals surface area contributed by atoms with E-state index in [0.717, 1.165) is 43.7 Å². The van der Waals surface area contributed by atoms with Gasteiger partial charge in [-0.25, -0.2) is 4.68 Å². The fraction of sp³-hybridized carbons (Fsp3) is 0.412. The Bertz CT molecular complexity index is 662. The third-order valence-electron chi connectivity index (χ3n) is 5.01. The number of piperidine rings is 1. The standard InChI is InChI=1S/C17H20N4O.ClH/c22-16(15-12-17(15)6-9-18-10-7-17)20-13-2-4-14(5-3-13)21-11-1-8-19-21;/h1-5,8,11,15,18H,6-7,9-10,12H2,(H,20,22);1H. The molecule has 1 saturated carbocycles. The lowest BCUT2D eigenvalue weighted by Crippen LogP contribution is -2.31. The van der Waals surface area contributed by atoms with Crippen molar-refractivity contribution < 1.29 is 4.79 Å². The summed E-state index contributed by atoms with van der Waals surface area (Å²) in [4.78, 5) is 12.4. The van der Waals surface area contributed by atoms with E-state index >= 15 is 0 Å². The molecule has 2 N–H and O–H groups in total. The molecule has 1 unspecified atom stereocenters. The molecule has 5 nitrogen and oxygen atoms in total. The Kier molecular flexibility index (Phi) is 4.41. The highest BCUT2D eigenvalue weighted by Crippen LogP contribution is 2.58. The molecule has 2 aromatic rings. The summed E-state index contributed by atoms with van der Waals surface area (Å²) in [6, 6.07) is 9.70. The first-order valence-corrected chi connectivity index (χ1v) is 7.89. The van der Waals surface area contributed by atoms with Crippen molar-refractivity contribution >= 4 is 24.0 Å². The molecule has 0 bridgehead atoms. The van der Waals surface area contributed by atoms with E-state index in [4.69, 9.17) is 0 Å². The van der Waals surface area contributed by atoms with E-state index in [1.807, 2.05) is 36.5 Å². The van der Waals surface area contributed by atoms with Crippen LogP contribution >= 0.6 is 12.4 Å². The second kappa shape index (κ2) is 6.34. The predicted molar refractivity (Wildman–Crippen MR) is 92.1 cm³/mol. The van der Waals surface area contributed by atoms with Crippen LogP contribution < -0.4 is 10.6 Å². The molecule has 1 spiro atoms. The van der Waals surface area contributed by atoms with Crippen LogP contribution in [-0.4, -0.2) is 28.8 Å². The lowest BCUT2D eigenvalue weighted by molar-refractivity contribution is -0.118. The summed E-state index contributed by atoms with van der Waals surface area (Å²) in [6.45, 7) is 2.09. The molecule has 1 aromatic heterocycles. The molecule has 6 heteroatoms. The molecule has 2 heterocycles. The van der Waals surface area contributed by atoms with Gasteiger partial charge in [0.2, 0.25) is 5.91 Å². The first-order valence-electron chi connectivity index (χ1n) is 7.89. The van der Waals surface area contributed by atoms with Crippen molar-refractivity contribution in [3.05, 3.63) is 42.7 Å². The number of hydrogen-bond acceptors (Lipinski definition) is 3. The van der Waals surface area contributed by atoms with Gasteiger partial charge in [-0.15, -0.1) is 12.4 Å². The number of halogens is 1. The minimum Gasteiger partial charge on any atom is -0.326 e. The quantitative estimate of drug-likeness (QED) is 0.908. The average Bonchev–Trinajstić information content (AvgIpc) is 3.00. The summed E-state index contributed by atoms with van der Waals surface area (Å²) in [6.07, 6.45) is 6.96. The van der Waals surface area contributed by atoms with Crippen molar-refractivity contribution in [2.75, 3.05) is 18.4 Å². The highest BCUT2D eigenvalue weighted by molar-refractivity contribution is 5.95. The molecule has 1 aliphatic heterocycles. The van der Waals surface area contributed by atoms with Gasteiger partial charge in [0.05, 0.1) is 5.69 Å². The molecule has 1 aliphatic carbocycles. The number of rotatable bonds is 3. The second-order valence-corrected chi connectivity index (χ2v) is 6.36. The normalized spacial score (nSPS) is 21.5.